The molecule has 0 aliphatic carbocycles. The van der Waals surface area contributed by atoms with E-state index in [0.717, 1.165) is 46.5 Å². The quantitative estimate of drug-likeness (QED) is 0.210. The number of carbonyl (C=O) groups is 2. The molecule has 3 N–H and O–H groups in total. The van der Waals surface area contributed by atoms with Crippen LogP contribution in [0.2, 0.25) is 0 Å². The van der Waals surface area contributed by atoms with Gasteiger partial charge in [-0.2, -0.15) is 5.21 Å². The van der Waals surface area contributed by atoms with E-state index < -0.39 is 12.0 Å². The van der Waals surface area contributed by atoms with Crippen molar-refractivity contribution in [2.24, 2.45) is 5.92 Å². The molecule has 9 heteroatoms. The highest BCUT2D eigenvalue weighted by atomic mass is 16.4. The Kier molecular flexibility index (Phi) is 9.04. The Labute approximate surface area is 228 Å². The zero-order valence-electron chi connectivity index (χ0n) is 22.5. The number of unbranched alkanes of at least 4 members (excludes halogenated alkanes) is 1. The number of carboxylic acids is 1. The number of rotatable bonds is 12. The molecule has 0 spiro atoms. The van der Waals surface area contributed by atoms with E-state index in [2.05, 4.69) is 25.9 Å². The molecule has 0 radical (unpaired) electrons. The maximum atomic E-state index is 13.0. The molecule has 0 saturated carbocycles. The van der Waals surface area contributed by atoms with Gasteiger partial charge in [0.1, 0.15) is 6.04 Å². The van der Waals surface area contributed by atoms with Gasteiger partial charge < -0.3 is 15.3 Å². The molecule has 1 atom stereocenters. The van der Waals surface area contributed by atoms with Crippen LogP contribution in [0.5, 0.6) is 0 Å². The average Bonchev–Trinajstić information content (AvgIpc) is 3.47. The molecule has 4 rings (SSSR count). The normalized spacial score (nSPS) is 11.8. The Balaban J connectivity index is 1.65. The lowest BCUT2D eigenvalue weighted by Crippen LogP contribution is -2.47. The lowest BCUT2D eigenvalue weighted by atomic mass is 9.96. The van der Waals surface area contributed by atoms with Crippen molar-refractivity contribution in [3.05, 3.63) is 78.4 Å². The number of benzene rings is 3. The summed E-state index contributed by atoms with van der Waals surface area (Å²) in [5.41, 5.74) is 5.38. The molecule has 3 aromatic carbocycles. The monoisotopic (exact) mass is 526 g/mol. The van der Waals surface area contributed by atoms with Gasteiger partial charge in [0, 0.05) is 29.9 Å². The summed E-state index contributed by atoms with van der Waals surface area (Å²) in [6.07, 6.45) is 1.93. The highest BCUT2D eigenvalue weighted by Gasteiger charge is 2.32. The Morgan fingerprint density at radius 1 is 0.974 bits per heavy atom. The first-order valence-electron chi connectivity index (χ1n) is 13.2. The second-order valence-corrected chi connectivity index (χ2v) is 9.84. The standard InChI is InChI=1S/C30H34N6O3/c1-4-5-11-27(37)36(28(20(2)3)30(38)39)19-21-12-14-22(15-13-21)26-18-24(31-23-9-7-6-8-10-23)16-17-25(26)29-32-34-35-33-29/h6-10,12-18,20,28,31H,4-5,11,19H2,1-3H3,(H,38,39)(H,32,33,34,35). The summed E-state index contributed by atoms with van der Waals surface area (Å²) >= 11 is 0. The smallest absolute Gasteiger partial charge is 0.326 e. The van der Waals surface area contributed by atoms with E-state index in [1.54, 1.807) is 0 Å². The van der Waals surface area contributed by atoms with E-state index in [1.165, 1.54) is 4.90 Å². The Morgan fingerprint density at radius 2 is 1.72 bits per heavy atom. The van der Waals surface area contributed by atoms with Gasteiger partial charge in [-0.25, -0.2) is 4.79 Å². The highest BCUT2D eigenvalue weighted by Crippen LogP contribution is 2.34. The number of nitrogens with one attached hydrogen (secondary N) is 2. The third-order valence-electron chi connectivity index (χ3n) is 6.57. The van der Waals surface area contributed by atoms with Crippen LogP contribution in [-0.2, 0) is 16.1 Å². The zero-order valence-corrected chi connectivity index (χ0v) is 22.5. The van der Waals surface area contributed by atoms with Crippen LogP contribution in [0.25, 0.3) is 22.5 Å². The van der Waals surface area contributed by atoms with Crippen molar-refractivity contribution in [1.29, 1.82) is 0 Å². The average molecular weight is 527 g/mol. The molecule has 1 heterocycles. The summed E-state index contributed by atoms with van der Waals surface area (Å²) in [6.45, 7) is 5.90. The molecule has 1 amide bonds. The van der Waals surface area contributed by atoms with Crippen LogP contribution in [0.1, 0.15) is 45.6 Å². The summed E-state index contributed by atoms with van der Waals surface area (Å²) < 4.78 is 0. The topological polar surface area (TPSA) is 124 Å². The van der Waals surface area contributed by atoms with Gasteiger partial charge in [0.25, 0.3) is 0 Å². The lowest BCUT2D eigenvalue weighted by Gasteiger charge is -2.32. The largest absolute Gasteiger partial charge is 0.480 e. The van der Waals surface area contributed by atoms with Gasteiger partial charge in [0.15, 0.2) is 0 Å². The SMILES string of the molecule is CCCCC(=O)N(Cc1ccc(-c2cc(Nc3ccccc3)ccc2-c2nn[nH]n2)cc1)C(C(=O)O)C(C)C. The number of tetrazole rings is 1. The van der Waals surface area contributed by atoms with Crippen molar-refractivity contribution in [1.82, 2.24) is 25.5 Å². The number of hydrogen-bond donors (Lipinski definition) is 3. The van der Waals surface area contributed by atoms with Gasteiger partial charge in [-0.3, -0.25) is 4.79 Å². The summed E-state index contributed by atoms with van der Waals surface area (Å²) in [7, 11) is 0. The number of carbonyl (C=O) groups excluding carboxylic acids is 1. The molecule has 0 fully saturated rings. The van der Waals surface area contributed by atoms with Crippen molar-refractivity contribution in [3.8, 4) is 22.5 Å². The number of aliphatic carboxylic acids is 1. The Bertz CT molecular complexity index is 1370. The van der Waals surface area contributed by atoms with Gasteiger partial charge in [0.2, 0.25) is 11.7 Å². The van der Waals surface area contributed by atoms with Gasteiger partial charge in [-0.1, -0.05) is 69.7 Å². The van der Waals surface area contributed by atoms with Crippen molar-refractivity contribution < 1.29 is 14.7 Å². The van der Waals surface area contributed by atoms with E-state index in [0.29, 0.717) is 12.2 Å². The molecule has 202 valence electrons. The number of nitrogens with zero attached hydrogens (tertiary/aromatic N) is 4. The number of amides is 1. The first-order valence-corrected chi connectivity index (χ1v) is 13.2. The van der Waals surface area contributed by atoms with E-state index in [9.17, 15) is 14.7 Å². The molecule has 0 bridgehead atoms. The Hall–Kier alpha value is -4.53. The van der Waals surface area contributed by atoms with Crippen LogP contribution in [0.15, 0.2) is 72.8 Å². The van der Waals surface area contributed by atoms with Crippen LogP contribution in [0.3, 0.4) is 0 Å². The molecule has 0 saturated heterocycles. The van der Waals surface area contributed by atoms with Gasteiger partial charge in [0.05, 0.1) is 0 Å². The Morgan fingerprint density at radius 3 is 2.33 bits per heavy atom. The molecule has 9 nitrogen and oxygen atoms in total. The fraction of sp³-hybridized carbons (Fsp3) is 0.300. The number of H-pyrrole nitrogens is 1. The summed E-state index contributed by atoms with van der Waals surface area (Å²) in [5.74, 6) is -0.862. The minimum absolute atomic E-state index is 0.138. The van der Waals surface area contributed by atoms with Crippen LogP contribution < -0.4 is 5.32 Å². The van der Waals surface area contributed by atoms with Crippen LogP contribution in [-0.4, -0.2) is 48.5 Å². The van der Waals surface area contributed by atoms with Crippen LogP contribution in [0, 0.1) is 5.92 Å². The van der Waals surface area contributed by atoms with E-state index in [1.807, 2.05) is 93.6 Å². The minimum Gasteiger partial charge on any atom is -0.480 e. The van der Waals surface area contributed by atoms with Crippen molar-refractivity contribution in [2.45, 2.75) is 52.6 Å². The molecule has 39 heavy (non-hydrogen) atoms. The summed E-state index contributed by atoms with van der Waals surface area (Å²) in [6, 6.07) is 22.8. The predicted octanol–water partition coefficient (Wildman–Crippen LogP) is 5.91. The van der Waals surface area contributed by atoms with E-state index in [4.69, 9.17) is 0 Å². The number of hydrogen-bond acceptors (Lipinski definition) is 6. The summed E-state index contributed by atoms with van der Waals surface area (Å²) in [4.78, 5) is 26.6. The maximum absolute atomic E-state index is 13.0. The van der Waals surface area contributed by atoms with Crippen LogP contribution in [0.4, 0.5) is 11.4 Å². The van der Waals surface area contributed by atoms with Gasteiger partial charge in [-0.15, -0.1) is 10.2 Å². The van der Waals surface area contributed by atoms with Crippen LogP contribution >= 0.6 is 0 Å². The molecular weight excluding hydrogens is 492 g/mol. The molecule has 4 aromatic rings. The first-order chi connectivity index (χ1) is 18.9. The predicted molar refractivity (Wildman–Crippen MR) is 151 cm³/mol. The van der Waals surface area contributed by atoms with Gasteiger partial charge in [-0.05, 0) is 64.6 Å². The molecular formula is C30H34N6O3. The number of carboxylic acid groups (broad SMARTS) is 1. The number of para-hydroxylation sites is 1. The zero-order chi connectivity index (χ0) is 27.8. The number of anilines is 2. The van der Waals surface area contributed by atoms with E-state index >= 15 is 0 Å². The minimum atomic E-state index is -0.987. The third kappa shape index (κ3) is 6.87. The second-order valence-electron chi connectivity index (χ2n) is 9.84. The maximum Gasteiger partial charge on any atom is 0.326 e. The molecule has 1 aromatic heterocycles. The molecule has 1 unspecified atom stereocenters. The number of aromatic amines is 1. The van der Waals surface area contributed by atoms with Crippen molar-refractivity contribution in [2.75, 3.05) is 5.32 Å². The fourth-order valence-corrected chi connectivity index (χ4v) is 4.60. The van der Waals surface area contributed by atoms with Gasteiger partial charge >= 0.3 is 5.97 Å². The lowest BCUT2D eigenvalue weighted by molar-refractivity contribution is -0.153. The van der Waals surface area contributed by atoms with Crippen molar-refractivity contribution in [3.63, 3.8) is 0 Å². The van der Waals surface area contributed by atoms with Crippen molar-refractivity contribution >= 4 is 23.3 Å². The third-order valence-corrected chi connectivity index (χ3v) is 6.57. The summed E-state index contributed by atoms with van der Waals surface area (Å²) in [5, 5.41) is 27.9. The highest BCUT2D eigenvalue weighted by molar-refractivity contribution is 5.85. The molecule has 0 aliphatic heterocycles. The fourth-order valence-electron chi connectivity index (χ4n) is 4.60. The number of aromatic nitrogens is 4. The molecule has 0 aliphatic rings. The first kappa shape index (κ1) is 27.5. The second kappa shape index (κ2) is 12.8. The van der Waals surface area contributed by atoms with E-state index in [-0.39, 0.29) is 18.4 Å².